The molecule has 0 N–H and O–H groups in total. The Bertz CT molecular complexity index is 859. The highest BCUT2D eigenvalue weighted by Crippen LogP contribution is 2.26. The van der Waals surface area contributed by atoms with Gasteiger partial charge in [0.1, 0.15) is 5.56 Å². The number of sulfone groups is 1. The lowest BCUT2D eigenvalue weighted by Crippen LogP contribution is -2.10. The highest BCUT2D eigenvalue weighted by molar-refractivity contribution is 7.90. The molecule has 1 aromatic heterocycles. The van der Waals surface area contributed by atoms with Crippen LogP contribution in [0.25, 0.3) is 0 Å². The number of ether oxygens (including phenoxy) is 1. The summed E-state index contributed by atoms with van der Waals surface area (Å²) >= 11 is 0. The molecule has 2 rings (SSSR count). The van der Waals surface area contributed by atoms with Gasteiger partial charge in [-0.15, -0.1) is 0 Å². The van der Waals surface area contributed by atoms with Crippen LogP contribution in [-0.2, 0) is 16.4 Å². The van der Waals surface area contributed by atoms with Crippen molar-refractivity contribution in [3.63, 3.8) is 0 Å². The van der Waals surface area contributed by atoms with Gasteiger partial charge in [0.25, 0.3) is 0 Å². The average molecular weight is 350 g/mol. The molecule has 1 aromatic carbocycles. The number of benzene rings is 1. The second-order valence-electron chi connectivity index (χ2n) is 5.65. The summed E-state index contributed by atoms with van der Waals surface area (Å²) in [5, 5.41) is 4.18. The van der Waals surface area contributed by atoms with Crippen molar-refractivity contribution in [2.24, 2.45) is 0 Å². The van der Waals surface area contributed by atoms with Gasteiger partial charge in [0.15, 0.2) is 15.6 Å². The van der Waals surface area contributed by atoms with Crippen molar-refractivity contribution in [3.8, 4) is 5.88 Å². The molecule has 24 heavy (non-hydrogen) atoms. The number of carbonyl (C=O) groups is 1. The summed E-state index contributed by atoms with van der Waals surface area (Å²) in [7, 11) is -3.34. The number of aromatic nitrogens is 2. The van der Waals surface area contributed by atoms with Crippen LogP contribution in [0, 0.1) is 13.8 Å². The van der Waals surface area contributed by atoms with E-state index < -0.39 is 9.84 Å². The summed E-state index contributed by atoms with van der Waals surface area (Å²) in [6.07, 6.45) is 2.66. The highest BCUT2D eigenvalue weighted by atomic mass is 32.2. The van der Waals surface area contributed by atoms with E-state index in [4.69, 9.17) is 4.74 Å². The standard InChI is InChI=1S/C17H22N2O4S/c1-6-19-17(23-7-2)14(10-18-19)15(20)13-8-11(3)16(12(4)9-13)24(5,21)22/h8-10H,6-7H2,1-5H3. The summed E-state index contributed by atoms with van der Waals surface area (Å²) in [4.78, 5) is 13.1. The van der Waals surface area contributed by atoms with Crippen LogP contribution in [0.5, 0.6) is 5.88 Å². The predicted molar refractivity (Wildman–Crippen MR) is 91.5 cm³/mol. The molecule has 0 saturated carbocycles. The van der Waals surface area contributed by atoms with Gasteiger partial charge in [0.05, 0.1) is 17.7 Å². The Labute approximate surface area is 142 Å². The molecule has 2 aromatic rings. The molecule has 1 heterocycles. The fourth-order valence-corrected chi connectivity index (χ4v) is 4.15. The first-order valence-corrected chi connectivity index (χ1v) is 9.64. The van der Waals surface area contributed by atoms with E-state index in [0.717, 1.165) is 0 Å². The largest absolute Gasteiger partial charge is 0.478 e. The predicted octanol–water partition coefficient (Wildman–Crippen LogP) is 2.55. The summed E-state index contributed by atoms with van der Waals surface area (Å²) in [5.41, 5.74) is 1.92. The maximum Gasteiger partial charge on any atom is 0.223 e. The fraction of sp³-hybridized carbons (Fsp3) is 0.412. The molecule has 0 radical (unpaired) electrons. The second kappa shape index (κ2) is 6.76. The van der Waals surface area contributed by atoms with Crippen LogP contribution < -0.4 is 4.74 Å². The quantitative estimate of drug-likeness (QED) is 0.748. The maximum absolute atomic E-state index is 12.9. The van der Waals surface area contributed by atoms with Crippen molar-refractivity contribution in [1.82, 2.24) is 9.78 Å². The van der Waals surface area contributed by atoms with E-state index in [2.05, 4.69) is 5.10 Å². The van der Waals surface area contributed by atoms with E-state index in [1.165, 1.54) is 12.5 Å². The van der Waals surface area contributed by atoms with Crippen LogP contribution in [0.15, 0.2) is 23.2 Å². The zero-order valence-electron chi connectivity index (χ0n) is 14.6. The summed E-state index contributed by atoms with van der Waals surface area (Å²) in [6, 6.07) is 3.20. The van der Waals surface area contributed by atoms with Gasteiger partial charge in [0, 0.05) is 18.4 Å². The van der Waals surface area contributed by atoms with E-state index in [-0.39, 0.29) is 10.7 Å². The van der Waals surface area contributed by atoms with E-state index in [1.54, 1.807) is 30.7 Å². The number of ketones is 1. The van der Waals surface area contributed by atoms with Crippen LogP contribution in [0.4, 0.5) is 0 Å². The van der Waals surface area contributed by atoms with Gasteiger partial charge in [-0.25, -0.2) is 13.1 Å². The number of rotatable bonds is 6. The SMILES string of the molecule is CCOc1c(C(=O)c2cc(C)c(S(C)(=O)=O)c(C)c2)cnn1CC. The lowest BCUT2D eigenvalue weighted by molar-refractivity contribution is 0.103. The number of hydrogen-bond acceptors (Lipinski definition) is 5. The fourth-order valence-electron chi connectivity index (χ4n) is 2.87. The Hall–Kier alpha value is -2.15. The van der Waals surface area contributed by atoms with Gasteiger partial charge < -0.3 is 4.74 Å². The molecular weight excluding hydrogens is 328 g/mol. The Morgan fingerprint density at radius 2 is 1.79 bits per heavy atom. The molecule has 6 nitrogen and oxygen atoms in total. The topological polar surface area (TPSA) is 78.3 Å². The van der Waals surface area contributed by atoms with Crippen LogP contribution in [0.2, 0.25) is 0 Å². The molecule has 0 aliphatic carbocycles. The van der Waals surface area contributed by atoms with Crippen LogP contribution in [0.3, 0.4) is 0 Å². The molecule has 7 heteroatoms. The van der Waals surface area contributed by atoms with Gasteiger partial charge in [-0.2, -0.15) is 5.10 Å². The number of aryl methyl sites for hydroxylation is 3. The second-order valence-corrected chi connectivity index (χ2v) is 7.61. The number of nitrogens with zero attached hydrogens (tertiary/aromatic N) is 2. The van der Waals surface area contributed by atoms with Crippen LogP contribution in [0.1, 0.15) is 40.9 Å². The number of carbonyl (C=O) groups excluding carboxylic acids is 1. The van der Waals surface area contributed by atoms with Crippen molar-refractivity contribution < 1.29 is 17.9 Å². The van der Waals surface area contributed by atoms with Crippen molar-refractivity contribution in [2.45, 2.75) is 39.1 Å². The molecule has 0 bridgehead atoms. The third-order valence-electron chi connectivity index (χ3n) is 3.71. The molecule has 130 valence electrons. The zero-order chi connectivity index (χ0) is 18.1. The first-order valence-electron chi connectivity index (χ1n) is 7.75. The van der Waals surface area contributed by atoms with Crippen LogP contribution >= 0.6 is 0 Å². The first-order chi connectivity index (χ1) is 11.2. The van der Waals surface area contributed by atoms with Crippen molar-refractivity contribution in [1.29, 1.82) is 0 Å². The Morgan fingerprint density at radius 1 is 1.21 bits per heavy atom. The van der Waals surface area contributed by atoms with Gasteiger partial charge in [-0.05, 0) is 51.0 Å². The summed E-state index contributed by atoms with van der Waals surface area (Å²) < 4.78 is 31.0. The smallest absolute Gasteiger partial charge is 0.223 e. The lowest BCUT2D eigenvalue weighted by Gasteiger charge is -2.11. The molecule has 0 atom stereocenters. The maximum atomic E-state index is 12.9. The summed E-state index contributed by atoms with van der Waals surface area (Å²) in [6.45, 7) is 8.17. The van der Waals surface area contributed by atoms with E-state index in [0.29, 0.717) is 41.3 Å². The van der Waals surface area contributed by atoms with Gasteiger partial charge in [-0.3, -0.25) is 4.79 Å². The normalized spacial score (nSPS) is 11.5. The molecular formula is C17H22N2O4S. The Balaban J connectivity index is 2.54. The number of hydrogen-bond donors (Lipinski definition) is 0. The third-order valence-corrected chi connectivity index (χ3v) is 5.10. The highest BCUT2D eigenvalue weighted by Gasteiger charge is 2.22. The average Bonchev–Trinajstić information content (AvgIpc) is 2.87. The van der Waals surface area contributed by atoms with E-state index in [1.807, 2.05) is 13.8 Å². The minimum atomic E-state index is -3.34. The third kappa shape index (κ3) is 3.36. The lowest BCUT2D eigenvalue weighted by atomic mass is 10.0. The molecule has 0 fully saturated rings. The monoisotopic (exact) mass is 350 g/mol. The van der Waals surface area contributed by atoms with Crippen molar-refractivity contribution in [3.05, 3.63) is 40.6 Å². The minimum Gasteiger partial charge on any atom is -0.478 e. The van der Waals surface area contributed by atoms with Gasteiger partial charge >= 0.3 is 0 Å². The Kier molecular flexibility index (Phi) is 5.13. The summed E-state index contributed by atoms with van der Waals surface area (Å²) in [5.74, 6) is 0.205. The Morgan fingerprint density at radius 3 is 2.25 bits per heavy atom. The molecule has 0 amide bonds. The first kappa shape index (κ1) is 18.2. The molecule has 0 unspecified atom stereocenters. The van der Waals surface area contributed by atoms with Crippen molar-refractivity contribution in [2.75, 3.05) is 12.9 Å². The van der Waals surface area contributed by atoms with Gasteiger partial charge in [-0.1, -0.05) is 0 Å². The van der Waals surface area contributed by atoms with E-state index in [9.17, 15) is 13.2 Å². The molecule has 0 aliphatic rings. The zero-order valence-corrected chi connectivity index (χ0v) is 15.4. The van der Waals surface area contributed by atoms with E-state index >= 15 is 0 Å². The molecule has 0 spiro atoms. The van der Waals surface area contributed by atoms with Gasteiger partial charge in [0.2, 0.25) is 5.88 Å². The molecule has 0 aliphatic heterocycles. The minimum absolute atomic E-state index is 0.232. The van der Waals surface area contributed by atoms with Crippen LogP contribution in [-0.4, -0.2) is 36.8 Å². The van der Waals surface area contributed by atoms with Crippen molar-refractivity contribution >= 4 is 15.6 Å². The molecule has 0 saturated heterocycles.